The maximum absolute atomic E-state index is 12.9. The highest BCUT2D eigenvalue weighted by molar-refractivity contribution is 5.88. The number of benzene rings is 1. The van der Waals surface area contributed by atoms with Gasteiger partial charge in [0.05, 0.1) is 6.42 Å². The van der Waals surface area contributed by atoms with Crippen LogP contribution >= 0.6 is 24.8 Å². The topological polar surface area (TPSA) is 44.4 Å². The molecule has 1 aromatic rings. The molecular formula is C15H22Cl2F3N3O. The van der Waals surface area contributed by atoms with Crippen molar-refractivity contribution in [2.75, 3.05) is 31.5 Å². The molecule has 1 amide bonds. The lowest BCUT2D eigenvalue weighted by atomic mass is 10.0. The van der Waals surface area contributed by atoms with Gasteiger partial charge in [-0.3, -0.25) is 9.69 Å². The summed E-state index contributed by atoms with van der Waals surface area (Å²) in [4.78, 5) is 12.9. The lowest BCUT2D eigenvalue weighted by Gasteiger charge is -2.35. The minimum atomic E-state index is -4.22. The van der Waals surface area contributed by atoms with E-state index in [0.717, 1.165) is 0 Å². The van der Waals surface area contributed by atoms with Gasteiger partial charge in [-0.25, -0.2) is 0 Å². The predicted octanol–water partition coefficient (Wildman–Crippen LogP) is 3.39. The Morgan fingerprint density at radius 2 is 1.75 bits per heavy atom. The largest absolute Gasteiger partial charge is 0.390 e. The van der Waals surface area contributed by atoms with Gasteiger partial charge in [-0.2, -0.15) is 13.2 Å². The van der Waals surface area contributed by atoms with Gasteiger partial charge < -0.3 is 10.6 Å². The summed E-state index contributed by atoms with van der Waals surface area (Å²) >= 11 is 0. The predicted molar refractivity (Wildman–Crippen MR) is 93.1 cm³/mol. The van der Waals surface area contributed by atoms with E-state index >= 15 is 0 Å². The lowest BCUT2D eigenvalue weighted by Crippen LogP contribution is -2.46. The molecule has 9 heteroatoms. The molecule has 0 aromatic heterocycles. The second kappa shape index (κ2) is 10.1. The molecule has 138 valence electrons. The van der Waals surface area contributed by atoms with Crippen molar-refractivity contribution in [3.63, 3.8) is 0 Å². The van der Waals surface area contributed by atoms with Crippen LogP contribution in [0.25, 0.3) is 0 Å². The Morgan fingerprint density at radius 3 is 2.21 bits per heavy atom. The Labute approximate surface area is 152 Å². The number of anilines is 1. The molecule has 2 rings (SSSR count). The summed E-state index contributed by atoms with van der Waals surface area (Å²) in [5.41, 5.74) is 1.20. The Balaban J connectivity index is 0.00000264. The standard InChI is InChI=1S/C15H20F3N3O.2ClH/c1-11(22)20-13-4-2-12(3-5-13)14(10-15(16,17)18)21-8-6-19-7-9-21;;/h2-5,14,19H,6-10H2,1H3,(H,20,22);2*1H/t14-;;/m1../s1. The molecule has 1 aliphatic heterocycles. The van der Waals surface area contributed by atoms with E-state index in [1.54, 1.807) is 24.3 Å². The van der Waals surface area contributed by atoms with E-state index in [2.05, 4.69) is 10.6 Å². The van der Waals surface area contributed by atoms with E-state index in [0.29, 0.717) is 37.4 Å². The minimum Gasteiger partial charge on any atom is -0.326 e. The maximum Gasteiger partial charge on any atom is 0.390 e. The second-order valence-electron chi connectivity index (χ2n) is 5.42. The van der Waals surface area contributed by atoms with E-state index < -0.39 is 18.6 Å². The highest BCUT2D eigenvalue weighted by atomic mass is 35.5. The molecule has 0 saturated carbocycles. The van der Waals surface area contributed by atoms with E-state index in [1.165, 1.54) is 6.92 Å². The summed E-state index contributed by atoms with van der Waals surface area (Å²) in [6, 6.07) is 5.91. The first-order chi connectivity index (χ1) is 10.3. The zero-order valence-corrected chi connectivity index (χ0v) is 14.9. The summed E-state index contributed by atoms with van der Waals surface area (Å²) in [5.74, 6) is -0.207. The molecule has 4 nitrogen and oxygen atoms in total. The van der Waals surface area contributed by atoms with Crippen LogP contribution in [0, 0.1) is 0 Å². The summed E-state index contributed by atoms with van der Waals surface area (Å²) in [7, 11) is 0. The molecule has 0 aliphatic carbocycles. The van der Waals surface area contributed by atoms with Crippen molar-refractivity contribution in [1.29, 1.82) is 0 Å². The number of piperazine rings is 1. The maximum atomic E-state index is 12.9. The summed E-state index contributed by atoms with van der Waals surface area (Å²) < 4.78 is 38.7. The lowest BCUT2D eigenvalue weighted by molar-refractivity contribution is -0.148. The number of rotatable bonds is 4. The average molecular weight is 388 g/mol. The van der Waals surface area contributed by atoms with E-state index in [9.17, 15) is 18.0 Å². The zero-order chi connectivity index (χ0) is 16.2. The molecule has 24 heavy (non-hydrogen) atoms. The highest BCUT2D eigenvalue weighted by Crippen LogP contribution is 2.34. The number of carbonyl (C=O) groups excluding carboxylic acids is 1. The van der Waals surface area contributed by atoms with E-state index in [4.69, 9.17) is 0 Å². The molecule has 1 saturated heterocycles. The summed E-state index contributed by atoms with van der Waals surface area (Å²) in [5, 5.41) is 5.76. The zero-order valence-electron chi connectivity index (χ0n) is 13.2. The normalized spacial score (nSPS) is 16.5. The van der Waals surface area contributed by atoms with Crippen LogP contribution in [0.5, 0.6) is 0 Å². The van der Waals surface area contributed by atoms with Gasteiger partial charge in [0.1, 0.15) is 0 Å². The fraction of sp³-hybridized carbons (Fsp3) is 0.533. The van der Waals surface area contributed by atoms with Crippen LogP contribution in [-0.4, -0.2) is 43.2 Å². The van der Waals surface area contributed by atoms with Crippen LogP contribution in [0.3, 0.4) is 0 Å². The molecule has 0 unspecified atom stereocenters. The van der Waals surface area contributed by atoms with Gasteiger partial charge in [-0.1, -0.05) is 12.1 Å². The smallest absolute Gasteiger partial charge is 0.326 e. The van der Waals surface area contributed by atoms with E-state index in [1.807, 2.05) is 4.90 Å². The number of carbonyl (C=O) groups is 1. The quantitative estimate of drug-likeness (QED) is 0.831. The molecule has 1 aliphatic rings. The highest BCUT2D eigenvalue weighted by Gasteiger charge is 2.35. The van der Waals surface area contributed by atoms with Gasteiger partial charge in [-0.15, -0.1) is 24.8 Å². The number of hydrogen-bond donors (Lipinski definition) is 2. The molecule has 0 bridgehead atoms. The third-order valence-electron chi connectivity index (χ3n) is 3.63. The minimum absolute atomic E-state index is 0. The van der Waals surface area contributed by atoms with Gasteiger partial charge in [0.2, 0.25) is 5.91 Å². The van der Waals surface area contributed by atoms with Crippen molar-refractivity contribution in [3.05, 3.63) is 29.8 Å². The summed E-state index contributed by atoms with van der Waals surface area (Å²) in [6.07, 6.45) is -5.08. The molecule has 1 fully saturated rings. The van der Waals surface area contributed by atoms with Gasteiger partial charge in [0, 0.05) is 44.8 Å². The van der Waals surface area contributed by atoms with Gasteiger partial charge in [-0.05, 0) is 17.7 Å². The van der Waals surface area contributed by atoms with Crippen LogP contribution < -0.4 is 10.6 Å². The van der Waals surface area contributed by atoms with Crippen molar-refractivity contribution < 1.29 is 18.0 Å². The fourth-order valence-corrected chi connectivity index (χ4v) is 2.66. The number of hydrogen-bond acceptors (Lipinski definition) is 3. The van der Waals surface area contributed by atoms with Crippen LogP contribution in [0.4, 0.5) is 18.9 Å². The first kappa shape index (κ1) is 23.0. The van der Waals surface area contributed by atoms with Crippen molar-refractivity contribution in [2.45, 2.75) is 25.6 Å². The second-order valence-corrected chi connectivity index (χ2v) is 5.42. The molecule has 0 radical (unpaired) electrons. The van der Waals surface area contributed by atoms with Crippen LogP contribution in [0.1, 0.15) is 24.9 Å². The van der Waals surface area contributed by atoms with Crippen molar-refractivity contribution in [3.8, 4) is 0 Å². The third kappa shape index (κ3) is 7.25. The fourth-order valence-electron chi connectivity index (χ4n) is 2.66. The van der Waals surface area contributed by atoms with Crippen molar-refractivity contribution >= 4 is 36.4 Å². The number of halogens is 5. The SMILES string of the molecule is CC(=O)Nc1ccc([C@@H](CC(F)(F)F)N2CCNCC2)cc1.Cl.Cl. The molecular weight excluding hydrogens is 366 g/mol. The Bertz CT molecular complexity index is 506. The van der Waals surface area contributed by atoms with Gasteiger partial charge in [0.25, 0.3) is 0 Å². The number of alkyl halides is 3. The van der Waals surface area contributed by atoms with Crippen LogP contribution in [-0.2, 0) is 4.79 Å². The number of amides is 1. The molecule has 1 heterocycles. The van der Waals surface area contributed by atoms with Crippen molar-refractivity contribution in [2.24, 2.45) is 0 Å². The van der Waals surface area contributed by atoms with Crippen LogP contribution in [0.15, 0.2) is 24.3 Å². The van der Waals surface area contributed by atoms with Gasteiger partial charge >= 0.3 is 6.18 Å². The van der Waals surface area contributed by atoms with Gasteiger partial charge in [0.15, 0.2) is 0 Å². The Kier molecular flexibility index (Phi) is 9.65. The van der Waals surface area contributed by atoms with E-state index in [-0.39, 0.29) is 30.7 Å². The first-order valence-electron chi connectivity index (χ1n) is 7.24. The average Bonchev–Trinajstić information content (AvgIpc) is 2.45. The number of nitrogens with zero attached hydrogens (tertiary/aromatic N) is 1. The monoisotopic (exact) mass is 387 g/mol. The van der Waals surface area contributed by atoms with Crippen molar-refractivity contribution in [1.82, 2.24) is 10.2 Å². The Hall–Kier alpha value is -1.02. The molecule has 1 atom stereocenters. The third-order valence-corrected chi connectivity index (χ3v) is 3.63. The van der Waals surface area contributed by atoms with Crippen LogP contribution in [0.2, 0.25) is 0 Å². The molecule has 2 N–H and O–H groups in total. The first-order valence-corrected chi connectivity index (χ1v) is 7.24. The molecule has 1 aromatic carbocycles. The number of nitrogens with one attached hydrogen (secondary N) is 2. The summed E-state index contributed by atoms with van der Waals surface area (Å²) in [6.45, 7) is 3.96. The Morgan fingerprint density at radius 1 is 1.21 bits per heavy atom. The molecule has 0 spiro atoms.